The third-order valence-electron chi connectivity index (χ3n) is 2.35. The first-order valence-corrected chi connectivity index (χ1v) is 5.81. The topological polar surface area (TPSA) is 20.3 Å². The van der Waals surface area contributed by atoms with Crippen molar-refractivity contribution in [1.29, 1.82) is 0 Å². The van der Waals surface area contributed by atoms with E-state index in [9.17, 15) is 18.0 Å². The zero-order valence-electron chi connectivity index (χ0n) is 8.19. The van der Waals surface area contributed by atoms with Crippen molar-refractivity contribution in [2.75, 3.05) is 13.1 Å². The van der Waals surface area contributed by atoms with Gasteiger partial charge in [0.05, 0.1) is 4.83 Å². The van der Waals surface area contributed by atoms with E-state index in [1.165, 1.54) is 4.90 Å². The molecule has 88 valence electrons. The molecule has 1 aliphatic rings. The third-order valence-corrected chi connectivity index (χ3v) is 3.20. The molecule has 15 heavy (non-hydrogen) atoms. The highest BCUT2D eigenvalue weighted by atomic mass is 79.9. The number of hydrogen-bond donors (Lipinski definition) is 0. The Labute approximate surface area is 94.9 Å². The molecule has 0 aromatic rings. The zero-order chi connectivity index (χ0) is 11.5. The molecule has 2 nitrogen and oxygen atoms in total. The summed E-state index contributed by atoms with van der Waals surface area (Å²) in [5.41, 5.74) is 0. The van der Waals surface area contributed by atoms with Crippen molar-refractivity contribution in [2.24, 2.45) is 0 Å². The minimum absolute atomic E-state index is 0.00500. The number of carbonyl (C=O) groups is 1. The molecule has 6 heteroatoms. The second-order valence-corrected chi connectivity index (χ2v) is 4.76. The molecule has 0 aromatic carbocycles. The van der Waals surface area contributed by atoms with Crippen molar-refractivity contribution < 1.29 is 18.0 Å². The van der Waals surface area contributed by atoms with Gasteiger partial charge in [0.1, 0.15) is 0 Å². The van der Waals surface area contributed by atoms with Crippen molar-refractivity contribution >= 4 is 21.8 Å². The van der Waals surface area contributed by atoms with Gasteiger partial charge in [0.2, 0.25) is 5.91 Å². The number of amides is 1. The molecule has 1 unspecified atom stereocenters. The predicted molar refractivity (Wildman–Crippen MR) is 53.8 cm³/mol. The molecular weight excluding hydrogens is 275 g/mol. The van der Waals surface area contributed by atoms with Gasteiger partial charge in [-0.2, -0.15) is 13.2 Å². The summed E-state index contributed by atoms with van der Waals surface area (Å²) >= 11 is 3.21. The van der Waals surface area contributed by atoms with E-state index in [0.29, 0.717) is 6.54 Å². The van der Waals surface area contributed by atoms with E-state index < -0.39 is 12.6 Å². The number of hydrogen-bond acceptors (Lipinski definition) is 1. The van der Waals surface area contributed by atoms with E-state index in [1.807, 2.05) is 0 Å². The highest BCUT2D eigenvalue weighted by Crippen LogP contribution is 2.23. The number of nitrogens with zero attached hydrogens (tertiary/aromatic N) is 1. The molecule has 1 saturated heterocycles. The maximum Gasteiger partial charge on any atom is 0.389 e. The highest BCUT2D eigenvalue weighted by molar-refractivity contribution is 9.10. The van der Waals surface area contributed by atoms with Crippen LogP contribution in [0.15, 0.2) is 0 Å². The van der Waals surface area contributed by atoms with Crippen LogP contribution in [0.1, 0.15) is 25.7 Å². The lowest BCUT2D eigenvalue weighted by Crippen LogP contribution is -2.42. The molecular formula is C9H13BrF3NO. The van der Waals surface area contributed by atoms with E-state index in [-0.39, 0.29) is 23.7 Å². The zero-order valence-corrected chi connectivity index (χ0v) is 9.77. The van der Waals surface area contributed by atoms with Crippen LogP contribution in [0.2, 0.25) is 0 Å². The first-order valence-electron chi connectivity index (χ1n) is 4.90. The van der Waals surface area contributed by atoms with E-state index in [2.05, 4.69) is 15.9 Å². The van der Waals surface area contributed by atoms with Gasteiger partial charge in [-0.3, -0.25) is 4.79 Å². The lowest BCUT2D eigenvalue weighted by Gasteiger charge is -2.29. The smallest absolute Gasteiger partial charge is 0.342 e. The van der Waals surface area contributed by atoms with Crippen LogP contribution in [-0.4, -0.2) is 34.9 Å². The van der Waals surface area contributed by atoms with Gasteiger partial charge >= 0.3 is 6.18 Å². The van der Waals surface area contributed by atoms with Crippen LogP contribution >= 0.6 is 15.9 Å². The Balaban J connectivity index is 2.29. The van der Waals surface area contributed by atoms with Crippen molar-refractivity contribution in [2.45, 2.75) is 36.7 Å². The van der Waals surface area contributed by atoms with Gasteiger partial charge in [0.15, 0.2) is 0 Å². The monoisotopic (exact) mass is 287 g/mol. The van der Waals surface area contributed by atoms with Crippen molar-refractivity contribution in [1.82, 2.24) is 4.90 Å². The number of alkyl halides is 4. The normalized spacial score (nSPS) is 23.3. The molecule has 1 aliphatic heterocycles. The molecule has 0 aliphatic carbocycles. The maximum absolute atomic E-state index is 11.9. The van der Waals surface area contributed by atoms with Crippen LogP contribution in [0.25, 0.3) is 0 Å². The van der Waals surface area contributed by atoms with Crippen LogP contribution in [0.5, 0.6) is 0 Å². The van der Waals surface area contributed by atoms with Crippen LogP contribution in [-0.2, 0) is 4.79 Å². The summed E-state index contributed by atoms with van der Waals surface area (Å²) in [7, 11) is 0. The van der Waals surface area contributed by atoms with Crippen LogP contribution in [0.4, 0.5) is 13.2 Å². The molecule has 1 rings (SSSR count). The quantitative estimate of drug-likeness (QED) is 0.731. The first-order chi connectivity index (χ1) is 6.90. The SMILES string of the molecule is O=C1C(Br)CCCN1CCCC(F)(F)F. The Morgan fingerprint density at radius 1 is 1.47 bits per heavy atom. The van der Waals surface area contributed by atoms with Crippen LogP contribution < -0.4 is 0 Å². The lowest BCUT2D eigenvalue weighted by molar-refractivity contribution is -0.141. The molecule has 1 atom stereocenters. The number of piperidine rings is 1. The fraction of sp³-hybridized carbons (Fsp3) is 0.889. The summed E-state index contributed by atoms with van der Waals surface area (Å²) in [6, 6.07) is 0. The average molecular weight is 288 g/mol. The molecule has 1 fully saturated rings. The van der Waals surface area contributed by atoms with Crippen LogP contribution in [0, 0.1) is 0 Å². The van der Waals surface area contributed by atoms with E-state index >= 15 is 0 Å². The number of carbonyl (C=O) groups excluding carboxylic acids is 1. The third kappa shape index (κ3) is 4.40. The van der Waals surface area contributed by atoms with Gasteiger partial charge in [-0.1, -0.05) is 15.9 Å². The molecule has 1 amide bonds. The summed E-state index contributed by atoms with van der Waals surface area (Å²) in [5.74, 6) is -0.0802. The Kier molecular flexibility index (Phi) is 4.43. The summed E-state index contributed by atoms with van der Waals surface area (Å²) in [5, 5.41) is 0. The summed E-state index contributed by atoms with van der Waals surface area (Å²) in [6.45, 7) is 0.791. The van der Waals surface area contributed by atoms with Gasteiger partial charge < -0.3 is 4.90 Å². The number of likely N-dealkylation sites (tertiary alicyclic amines) is 1. The second-order valence-electron chi connectivity index (χ2n) is 3.65. The average Bonchev–Trinajstić information content (AvgIpc) is 2.10. The Bertz CT molecular complexity index is 232. The maximum atomic E-state index is 11.9. The van der Waals surface area contributed by atoms with Crippen molar-refractivity contribution in [3.05, 3.63) is 0 Å². The van der Waals surface area contributed by atoms with Gasteiger partial charge in [-0.15, -0.1) is 0 Å². The van der Waals surface area contributed by atoms with E-state index in [0.717, 1.165) is 12.8 Å². The molecule has 0 spiro atoms. The molecule has 0 saturated carbocycles. The van der Waals surface area contributed by atoms with Gasteiger partial charge in [0.25, 0.3) is 0 Å². The van der Waals surface area contributed by atoms with Gasteiger partial charge in [-0.05, 0) is 19.3 Å². The van der Waals surface area contributed by atoms with Crippen molar-refractivity contribution in [3.63, 3.8) is 0 Å². The van der Waals surface area contributed by atoms with Gasteiger partial charge in [0, 0.05) is 19.5 Å². The molecule has 0 bridgehead atoms. The minimum Gasteiger partial charge on any atom is -0.342 e. The molecule has 0 aromatic heterocycles. The first kappa shape index (κ1) is 12.8. The van der Waals surface area contributed by atoms with Gasteiger partial charge in [-0.25, -0.2) is 0 Å². The Hall–Kier alpha value is -0.260. The Morgan fingerprint density at radius 3 is 2.73 bits per heavy atom. The summed E-state index contributed by atoms with van der Waals surface area (Å²) in [4.78, 5) is 12.8. The standard InChI is InChI=1S/C9H13BrF3NO/c10-7-3-1-5-14(8(7)15)6-2-4-9(11,12)13/h7H,1-6H2. The summed E-state index contributed by atoms with van der Waals surface area (Å²) < 4.78 is 35.6. The highest BCUT2D eigenvalue weighted by Gasteiger charge is 2.29. The van der Waals surface area contributed by atoms with E-state index in [1.54, 1.807) is 0 Å². The molecule has 0 N–H and O–H groups in total. The lowest BCUT2D eigenvalue weighted by atomic mass is 10.1. The van der Waals surface area contributed by atoms with Crippen LogP contribution in [0.3, 0.4) is 0 Å². The summed E-state index contributed by atoms with van der Waals surface area (Å²) in [6.07, 6.45) is -3.31. The van der Waals surface area contributed by atoms with E-state index in [4.69, 9.17) is 0 Å². The minimum atomic E-state index is -4.12. The molecule has 1 heterocycles. The Morgan fingerprint density at radius 2 is 2.13 bits per heavy atom. The molecule has 0 radical (unpaired) electrons. The number of halogens is 4. The number of rotatable bonds is 3. The fourth-order valence-corrected chi connectivity index (χ4v) is 2.20. The van der Waals surface area contributed by atoms with Crippen molar-refractivity contribution in [3.8, 4) is 0 Å². The second kappa shape index (κ2) is 5.18. The predicted octanol–water partition coefficient (Wildman–Crippen LogP) is 2.71. The largest absolute Gasteiger partial charge is 0.389 e. The fourth-order valence-electron chi connectivity index (χ4n) is 1.59.